The standard InChI is InChI=1S/C21H34N2O/c1-17-4-6-18(7-5-17)13-22-14-19-8-10-20(11-9-19)15-23-12-2-3-21(23)16-24/h4-7,19-22,24H,2-3,8-16H2,1H3. The van der Waals surface area contributed by atoms with E-state index in [9.17, 15) is 5.11 Å². The van der Waals surface area contributed by atoms with E-state index in [1.54, 1.807) is 0 Å². The highest BCUT2D eigenvalue weighted by Crippen LogP contribution is 2.30. The first-order valence-corrected chi connectivity index (χ1v) is 9.85. The van der Waals surface area contributed by atoms with Gasteiger partial charge in [0.15, 0.2) is 0 Å². The minimum atomic E-state index is 0.346. The predicted molar refractivity (Wildman–Crippen MR) is 100 cm³/mol. The van der Waals surface area contributed by atoms with Crippen molar-refractivity contribution in [1.29, 1.82) is 0 Å². The van der Waals surface area contributed by atoms with Crippen molar-refractivity contribution >= 4 is 0 Å². The molecule has 1 aromatic carbocycles. The number of hydrogen-bond donors (Lipinski definition) is 2. The van der Waals surface area contributed by atoms with Crippen molar-refractivity contribution in [2.75, 3.05) is 26.2 Å². The number of likely N-dealkylation sites (tertiary alicyclic amines) is 1. The van der Waals surface area contributed by atoms with E-state index < -0.39 is 0 Å². The predicted octanol–water partition coefficient (Wildman–Crippen LogP) is 3.35. The first-order chi connectivity index (χ1) is 11.7. The van der Waals surface area contributed by atoms with Gasteiger partial charge in [0.05, 0.1) is 6.61 Å². The zero-order valence-corrected chi connectivity index (χ0v) is 15.2. The van der Waals surface area contributed by atoms with E-state index in [1.165, 1.54) is 62.7 Å². The summed E-state index contributed by atoms with van der Waals surface area (Å²) < 4.78 is 0. The molecular formula is C21H34N2O. The van der Waals surface area contributed by atoms with E-state index in [0.29, 0.717) is 12.6 Å². The van der Waals surface area contributed by atoms with Crippen LogP contribution >= 0.6 is 0 Å². The zero-order chi connectivity index (χ0) is 16.8. The summed E-state index contributed by atoms with van der Waals surface area (Å²) >= 11 is 0. The largest absolute Gasteiger partial charge is 0.395 e. The van der Waals surface area contributed by atoms with Crippen molar-refractivity contribution in [3.8, 4) is 0 Å². The zero-order valence-electron chi connectivity index (χ0n) is 15.2. The van der Waals surface area contributed by atoms with Crippen LogP contribution in [-0.2, 0) is 6.54 Å². The fraction of sp³-hybridized carbons (Fsp3) is 0.714. The van der Waals surface area contributed by atoms with Gasteiger partial charge in [-0.05, 0) is 75.9 Å². The van der Waals surface area contributed by atoms with Gasteiger partial charge >= 0.3 is 0 Å². The average molecular weight is 331 g/mol. The van der Waals surface area contributed by atoms with Crippen LogP contribution in [0.1, 0.15) is 49.7 Å². The number of aliphatic hydroxyl groups is 1. The number of nitrogens with one attached hydrogen (secondary N) is 1. The third kappa shape index (κ3) is 5.05. The number of hydrogen-bond acceptors (Lipinski definition) is 3. The van der Waals surface area contributed by atoms with Crippen LogP contribution in [-0.4, -0.2) is 42.3 Å². The molecule has 0 aromatic heterocycles. The molecule has 3 rings (SSSR count). The van der Waals surface area contributed by atoms with Crippen LogP contribution < -0.4 is 5.32 Å². The average Bonchev–Trinajstić information content (AvgIpc) is 3.05. The molecule has 1 atom stereocenters. The quantitative estimate of drug-likeness (QED) is 0.805. The summed E-state index contributed by atoms with van der Waals surface area (Å²) in [7, 11) is 0. The van der Waals surface area contributed by atoms with E-state index in [1.807, 2.05) is 0 Å². The lowest BCUT2D eigenvalue weighted by Crippen LogP contribution is -2.37. The molecule has 1 aromatic rings. The lowest BCUT2D eigenvalue weighted by atomic mass is 9.81. The molecular weight excluding hydrogens is 296 g/mol. The van der Waals surface area contributed by atoms with Crippen molar-refractivity contribution < 1.29 is 5.11 Å². The lowest BCUT2D eigenvalue weighted by Gasteiger charge is -2.33. The Bertz CT molecular complexity index is 479. The molecule has 1 unspecified atom stereocenters. The summed E-state index contributed by atoms with van der Waals surface area (Å²) in [4.78, 5) is 2.54. The van der Waals surface area contributed by atoms with E-state index in [4.69, 9.17) is 0 Å². The van der Waals surface area contributed by atoms with Gasteiger partial charge in [-0.1, -0.05) is 29.8 Å². The highest BCUT2D eigenvalue weighted by atomic mass is 16.3. The van der Waals surface area contributed by atoms with Crippen LogP contribution in [0.4, 0.5) is 0 Å². The van der Waals surface area contributed by atoms with Crippen LogP contribution in [0.5, 0.6) is 0 Å². The van der Waals surface area contributed by atoms with Gasteiger partial charge in [0.1, 0.15) is 0 Å². The number of aliphatic hydroxyl groups excluding tert-OH is 1. The Kier molecular flexibility index (Phi) is 6.70. The second-order valence-electron chi connectivity index (χ2n) is 7.98. The van der Waals surface area contributed by atoms with Crippen LogP contribution in [0.15, 0.2) is 24.3 Å². The van der Waals surface area contributed by atoms with Crippen LogP contribution in [0, 0.1) is 18.8 Å². The molecule has 1 aliphatic heterocycles. The molecule has 0 radical (unpaired) electrons. The van der Waals surface area contributed by atoms with Crippen molar-refractivity contribution in [3.63, 3.8) is 0 Å². The van der Waals surface area contributed by atoms with Gasteiger partial charge < -0.3 is 10.4 Å². The highest BCUT2D eigenvalue weighted by molar-refractivity contribution is 5.21. The maximum atomic E-state index is 9.46. The molecule has 2 fully saturated rings. The molecule has 0 bridgehead atoms. The van der Waals surface area contributed by atoms with Gasteiger partial charge in [0.25, 0.3) is 0 Å². The number of nitrogens with zero attached hydrogens (tertiary/aromatic N) is 1. The molecule has 2 N–H and O–H groups in total. The number of aryl methyl sites for hydroxylation is 1. The number of rotatable bonds is 7. The summed E-state index contributed by atoms with van der Waals surface area (Å²) in [6, 6.07) is 9.29. The summed E-state index contributed by atoms with van der Waals surface area (Å²) in [6.45, 7) is 7.05. The number of benzene rings is 1. The second kappa shape index (κ2) is 8.98. The molecule has 24 heavy (non-hydrogen) atoms. The topological polar surface area (TPSA) is 35.5 Å². The summed E-state index contributed by atoms with van der Waals surface area (Å²) in [6.07, 6.45) is 7.92. The Morgan fingerprint density at radius 3 is 2.46 bits per heavy atom. The molecule has 0 spiro atoms. The monoisotopic (exact) mass is 330 g/mol. The smallest absolute Gasteiger partial charge is 0.0586 e. The lowest BCUT2D eigenvalue weighted by molar-refractivity contribution is 0.124. The third-order valence-corrected chi connectivity index (χ3v) is 6.05. The first kappa shape index (κ1) is 17.9. The van der Waals surface area contributed by atoms with Gasteiger partial charge in [-0.25, -0.2) is 0 Å². The third-order valence-electron chi connectivity index (χ3n) is 6.05. The Morgan fingerprint density at radius 2 is 1.75 bits per heavy atom. The summed E-state index contributed by atoms with van der Waals surface area (Å²) in [5.41, 5.74) is 2.72. The maximum absolute atomic E-state index is 9.46. The Labute approximate surface area is 147 Å². The molecule has 1 heterocycles. The molecule has 1 saturated carbocycles. The Morgan fingerprint density at radius 1 is 1.04 bits per heavy atom. The SMILES string of the molecule is Cc1ccc(CNCC2CCC(CN3CCCC3CO)CC2)cc1. The van der Waals surface area contributed by atoms with Gasteiger partial charge in [0, 0.05) is 19.1 Å². The highest BCUT2D eigenvalue weighted by Gasteiger charge is 2.28. The van der Waals surface area contributed by atoms with Gasteiger partial charge in [-0.2, -0.15) is 0 Å². The van der Waals surface area contributed by atoms with Crippen LogP contribution in [0.25, 0.3) is 0 Å². The van der Waals surface area contributed by atoms with E-state index in [-0.39, 0.29) is 0 Å². The molecule has 3 nitrogen and oxygen atoms in total. The normalized spacial score (nSPS) is 28.3. The molecule has 1 saturated heterocycles. The molecule has 3 heteroatoms. The molecule has 0 amide bonds. The van der Waals surface area contributed by atoms with Crippen LogP contribution in [0.3, 0.4) is 0 Å². The minimum Gasteiger partial charge on any atom is -0.395 e. The summed E-state index contributed by atoms with van der Waals surface area (Å²) in [5.74, 6) is 1.70. The van der Waals surface area contributed by atoms with E-state index in [0.717, 1.165) is 24.9 Å². The van der Waals surface area contributed by atoms with Crippen molar-refractivity contribution in [1.82, 2.24) is 10.2 Å². The Balaban J connectivity index is 1.32. The van der Waals surface area contributed by atoms with Gasteiger partial charge in [-0.3, -0.25) is 4.90 Å². The van der Waals surface area contributed by atoms with Crippen LogP contribution in [0.2, 0.25) is 0 Å². The van der Waals surface area contributed by atoms with E-state index >= 15 is 0 Å². The van der Waals surface area contributed by atoms with E-state index in [2.05, 4.69) is 41.4 Å². The maximum Gasteiger partial charge on any atom is 0.0586 e. The van der Waals surface area contributed by atoms with Crippen molar-refractivity contribution in [3.05, 3.63) is 35.4 Å². The fourth-order valence-electron chi connectivity index (χ4n) is 4.42. The van der Waals surface area contributed by atoms with Gasteiger partial charge in [0.2, 0.25) is 0 Å². The van der Waals surface area contributed by atoms with Crippen molar-refractivity contribution in [2.45, 2.75) is 58.0 Å². The minimum absolute atomic E-state index is 0.346. The molecule has 134 valence electrons. The first-order valence-electron chi connectivity index (χ1n) is 9.85. The molecule has 2 aliphatic rings. The second-order valence-corrected chi connectivity index (χ2v) is 7.98. The Hall–Kier alpha value is -0.900. The summed E-state index contributed by atoms with van der Waals surface area (Å²) in [5, 5.41) is 13.1. The van der Waals surface area contributed by atoms with Crippen molar-refractivity contribution in [2.24, 2.45) is 11.8 Å². The molecule has 1 aliphatic carbocycles. The fourth-order valence-corrected chi connectivity index (χ4v) is 4.42. The van der Waals surface area contributed by atoms with Gasteiger partial charge in [-0.15, -0.1) is 0 Å².